The molecule has 106 valence electrons. The van der Waals surface area contributed by atoms with E-state index in [1.54, 1.807) is 32.3 Å². The monoisotopic (exact) mass is 276 g/mol. The number of aromatic nitrogens is 3. The number of anilines is 1. The van der Waals surface area contributed by atoms with Crippen LogP contribution in [0, 0.1) is 6.92 Å². The van der Waals surface area contributed by atoms with E-state index in [-0.39, 0.29) is 12.3 Å². The minimum atomic E-state index is -0.531. The molecule has 0 aliphatic rings. The Balaban J connectivity index is 2.13. The molecule has 0 aromatic carbocycles. The zero-order valence-corrected chi connectivity index (χ0v) is 11.6. The van der Waals surface area contributed by atoms with Gasteiger partial charge in [0.15, 0.2) is 5.69 Å². The second-order valence-corrected chi connectivity index (χ2v) is 4.22. The molecule has 0 atom stereocenters. The molecule has 2 heterocycles. The lowest BCUT2D eigenvalue weighted by molar-refractivity contribution is 0.0458. The first-order valence-corrected chi connectivity index (χ1v) is 5.98. The maximum absolute atomic E-state index is 12.0. The van der Waals surface area contributed by atoms with E-state index < -0.39 is 5.97 Å². The highest BCUT2D eigenvalue weighted by Gasteiger charge is 2.19. The zero-order chi connectivity index (χ0) is 14.7. The lowest BCUT2D eigenvalue weighted by atomic mass is 10.3. The first kappa shape index (κ1) is 13.9. The van der Waals surface area contributed by atoms with Crippen LogP contribution in [0.15, 0.2) is 18.3 Å². The lowest BCUT2D eigenvalue weighted by Gasteiger charge is -2.08. The summed E-state index contributed by atoms with van der Waals surface area (Å²) in [5.41, 5.74) is 7.66. The third kappa shape index (κ3) is 2.56. The summed E-state index contributed by atoms with van der Waals surface area (Å²) in [5, 5.41) is 4.07. The molecule has 0 aliphatic carbocycles. The van der Waals surface area contributed by atoms with Crippen molar-refractivity contribution in [3.05, 3.63) is 35.3 Å². The summed E-state index contributed by atoms with van der Waals surface area (Å²) < 4.78 is 11.7. The van der Waals surface area contributed by atoms with Crippen molar-refractivity contribution in [1.29, 1.82) is 0 Å². The number of methoxy groups -OCH3 is 1. The third-order valence-corrected chi connectivity index (χ3v) is 2.86. The van der Waals surface area contributed by atoms with Gasteiger partial charge in [0.05, 0.1) is 24.1 Å². The number of hydrogen-bond acceptors (Lipinski definition) is 6. The first-order valence-electron chi connectivity index (χ1n) is 5.98. The van der Waals surface area contributed by atoms with Crippen molar-refractivity contribution in [1.82, 2.24) is 14.8 Å². The molecule has 7 nitrogen and oxygen atoms in total. The minimum absolute atomic E-state index is 0.0551. The van der Waals surface area contributed by atoms with Crippen LogP contribution in [0.1, 0.15) is 21.7 Å². The third-order valence-electron chi connectivity index (χ3n) is 2.86. The van der Waals surface area contributed by atoms with Gasteiger partial charge in [0.25, 0.3) is 0 Å². The number of pyridine rings is 1. The van der Waals surface area contributed by atoms with Crippen LogP contribution in [0.25, 0.3) is 0 Å². The molecule has 0 radical (unpaired) electrons. The van der Waals surface area contributed by atoms with Crippen molar-refractivity contribution in [3.63, 3.8) is 0 Å². The van der Waals surface area contributed by atoms with Crippen molar-refractivity contribution < 1.29 is 14.3 Å². The average molecular weight is 276 g/mol. The van der Waals surface area contributed by atoms with Gasteiger partial charge in [-0.1, -0.05) is 0 Å². The van der Waals surface area contributed by atoms with E-state index >= 15 is 0 Å². The van der Waals surface area contributed by atoms with Crippen molar-refractivity contribution in [2.75, 3.05) is 12.8 Å². The summed E-state index contributed by atoms with van der Waals surface area (Å²) >= 11 is 0. The molecule has 7 heteroatoms. The SMILES string of the molecule is COc1ncccc1COC(=O)c1c(N)c(C)nn1C. The summed E-state index contributed by atoms with van der Waals surface area (Å²) in [6.45, 7) is 1.79. The molecule has 2 aromatic heterocycles. The molecule has 0 unspecified atom stereocenters. The number of nitrogens with zero attached hydrogens (tertiary/aromatic N) is 3. The van der Waals surface area contributed by atoms with Crippen LogP contribution in [0.4, 0.5) is 5.69 Å². The van der Waals surface area contributed by atoms with Gasteiger partial charge in [-0.15, -0.1) is 0 Å². The van der Waals surface area contributed by atoms with Gasteiger partial charge < -0.3 is 15.2 Å². The zero-order valence-electron chi connectivity index (χ0n) is 11.6. The average Bonchev–Trinajstić information content (AvgIpc) is 2.70. The van der Waals surface area contributed by atoms with Crippen LogP contribution in [-0.2, 0) is 18.4 Å². The van der Waals surface area contributed by atoms with Crippen molar-refractivity contribution in [3.8, 4) is 5.88 Å². The molecule has 2 aromatic rings. The number of rotatable bonds is 4. The fourth-order valence-corrected chi connectivity index (χ4v) is 1.85. The molecule has 2 rings (SSSR count). The Morgan fingerprint density at radius 1 is 1.50 bits per heavy atom. The Kier molecular flexibility index (Phi) is 3.88. The minimum Gasteiger partial charge on any atom is -0.481 e. The maximum Gasteiger partial charge on any atom is 0.359 e. The number of nitrogen functional groups attached to an aromatic ring is 1. The molecule has 0 spiro atoms. The van der Waals surface area contributed by atoms with Crippen molar-refractivity contribution >= 4 is 11.7 Å². The number of nitrogens with two attached hydrogens (primary N) is 1. The second kappa shape index (κ2) is 5.60. The molecule has 20 heavy (non-hydrogen) atoms. The smallest absolute Gasteiger partial charge is 0.359 e. The quantitative estimate of drug-likeness (QED) is 0.840. The number of hydrogen-bond donors (Lipinski definition) is 1. The van der Waals surface area contributed by atoms with E-state index in [1.807, 2.05) is 0 Å². The normalized spacial score (nSPS) is 10.3. The number of carbonyl (C=O) groups excluding carboxylic acids is 1. The van der Waals surface area contributed by atoms with Crippen LogP contribution >= 0.6 is 0 Å². The maximum atomic E-state index is 12.0. The van der Waals surface area contributed by atoms with Gasteiger partial charge in [-0.3, -0.25) is 4.68 Å². The Hall–Kier alpha value is -2.57. The number of carbonyl (C=O) groups is 1. The largest absolute Gasteiger partial charge is 0.481 e. The van der Waals surface area contributed by atoms with Crippen LogP contribution < -0.4 is 10.5 Å². The number of esters is 1. The van der Waals surface area contributed by atoms with Crippen LogP contribution in [0.5, 0.6) is 5.88 Å². The van der Waals surface area contributed by atoms with Gasteiger partial charge in [-0.25, -0.2) is 9.78 Å². The molecular formula is C13H16N4O3. The Bertz CT molecular complexity index is 637. The summed E-state index contributed by atoms with van der Waals surface area (Å²) in [6.07, 6.45) is 1.60. The lowest BCUT2D eigenvalue weighted by Crippen LogP contribution is -2.13. The van der Waals surface area contributed by atoms with Gasteiger partial charge in [-0.05, 0) is 19.1 Å². The Labute approximate surface area is 116 Å². The van der Waals surface area contributed by atoms with Gasteiger partial charge in [0.2, 0.25) is 5.88 Å². The topological polar surface area (TPSA) is 92.3 Å². The summed E-state index contributed by atoms with van der Waals surface area (Å²) in [7, 11) is 3.15. The highest BCUT2D eigenvalue weighted by Crippen LogP contribution is 2.19. The van der Waals surface area contributed by atoms with Crippen molar-refractivity contribution in [2.24, 2.45) is 7.05 Å². The highest BCUT2D eigenvalue weighted by molar-refractivity contribution is 5.93. The van der Waals surface area contributed by atoms with Gasteiger partial charge >= 0.3 is 5.97 Å². The molecule has 2 N–H and O–H groups in total. The van der Waals surface area contributed by atoms with Gasteiger partial charge in [0.1, 0.15) is 6.61 Å². The van der Waals surface area contributed by atoms with E-state index in [1.165, 1.54) is 11.8 Å². The van der Waals surface area contributed by atoms with E-state index in [4.69, 9.17) is 15.2 Å². The Morgan fingerprint density at radius 2 is 2.25 bits per heavy atom. The van der Waals surface area contributed by atoms with Crippen LogP contribution in [0.2, 0.25) is 0 Å². The van der Waals surface area contributed by atoms with E-state index in [2.05, 4.69) is 10.1 Å². The predicted molar refractivity (Wildman–Crippen MR) is 72.3 cm³/mol. The number of aryl methyl sites for hydroxylation is 2. The molecule has 0 fully saturated rings. The molecule has 0 aliphatic heterocycles. The molecular weight excluding hydrogens is 260 g/mol. The standard InChI is InChI=1S/C13H16N4O3/c1-8-10(14)11(17(2)16-8)13(18)20-7-9-5-4-6-15-12(9)19-3/h4-6H,7,14H2,1-3H3. The molecule has 0 bridgehead atoms. The van der Waals surface area contributed by atoms with Crippen LogP contribution in [0.3, 0.4) is 0 Å². The fraction of sp³-hybridized carbons (Fsp3) is 0.308. The first-order chi connectivity index (χ1) is 9.54. The fourth-order valence-electron chi connectivity index (χ4n) is 1.85. The van der Waals surface area contributed by atoms with E-state index in [9.17, 15) is 4.79 Å². The highest BCUT2D eigenvalue weighted by atomic mass is 16.5. The summed E-state index contributed by atoms with van der Waals surface area (Å²) in [4.78, 5) is 16.1. The van der Waals surface area contributed by atoms with Gasteiger partial charge in [-0.2, -0.15) is 5.10 Å². The molecule has 0 amide bonds. The molecule has 0 saturated carbocycles. The van der Waals surface area contributed by atoms with Gasteiger partial charge in [0, 0.05) is 13.2 Å². The number of ether oxygens (including phenoxy) is 2. The predicted octanol–water partition coefficient (Wildman–Crippen LogP) is 1.07. The van der Waals surface area contributed by atoms with Crippen LogP contribution in [-0.4, -0.2) is 27.8 Å². The molecule has 0 saturated heterocycles. The van der Waals surface area contributed by atoms with E-state index in [0.717, 1.165) is 0 Å². The second-order valence-electron chi connectivity index (χ2n) is 4.22. The van der Waals surface area contributed by atoms with Crippen molar-refractivity contribution in [2.45, 2.75) is 13.5 Å². The summed E-state index contributed by atoms with van der Waals surface area (Å²) in [5.74, 6) is -0.106. The van der Waals surface area contributed by atoms with E-state index in [0.29, 0.717) is 22.8 Å². The Morgan fingerprint density at radius 3 is 2.85 bits per heavy atom. The summed E-state index contributed by atoms with van der Waals surface area (Å²) in [6, 6.07) is 3.52.